The van der Waals surface area contributed by atoms with E-state index >= 15 is 0 Å². The molecule has 0 unspecified atom stereocenters. The van der Waals surface area contributed by atoms with Gasteiger partial charge in [0.05, 0.1) is 21.3 Å². The van der Waals surface area contributed by atoms with Crippen LogP contribution in [-0.2, 0) is 10.0 Å². The number of benzene rings is 2. The van der Waals surface area contributed by atoms with Crippen LogP contribution in [-0.4, -0.2) is 42.9 Å². The molecular formula is C23H19BrN4O3S3. The first-order chi connectivity index (χ1) is 16.4. The Bertz CT molecular complexity index is 1460. The molecule has 1 saturated heterocycles. The Morgan fingerprint density at radius 3 is 2.59 bits per heavy atom. The Labute approximate surface area is 213 Å². The Kier molecular flexibility index (Phi) is 6.63. The van der Waals surface area contributed by atoms with Crippen LogP contribution in [0.1, 0.15) is 28.1 Å². The molecule has 0 saturated carbocycles. The van der Waals surface area contributed by atoms with Gasteiger partial charge in [0.25, 0.3) is 5.91 Å². The lowest BCUT2D eigenvalue weighted by atomic mass is 10.2. The van der Waals surface area contributed by atoms with Gasteiger partial charge in [-0.05, 0) is 66.8 Å². The third-order valence-electron chi connectivity index (χ3n) is 5.36. The maximum absolute atomic E-state index is 13.5. The van der Waals surface area contributed by atoms with Gasteiger partial charge in [-0.25, -0.2) is 13.4 Å². The van der Waals surface area contributed by atoms with E-state index in [0.29, 0.717) is 23.8 Å². The molecule has 0 radical (unpaired) electrons. The number of sulfonamides is 1. The van der Waals surface area contributed by atoms with E-state index < -0.39 is 15.9 Å². The van der Waals surface area contributed by atoms with Crippen molar-refractivity contribution < 1.29 is 13.2 Å². The van der Waals surface area contributed by atoms with E-state index in [2.05, 4.69) is 26.0 Å². The van der Waals surface area contributed by atoms with E-state index in [9.17, 15) is 13.2 Å². The van der Waals surface area contributed by atoms with Gasteiger partial charge in [-0.15, -0.1) is 11.3 Å². The van der Waals surface area contributed by atoms with Crippen molar-refractivity contribution in [1.29, 1.82) is 0 Å². The summed E-state index contributed by atoms with van der Waals surface area (Å²) in [6, 6.07) is 15.6. The molecule has 0 aliphatic carbocycles. The number of anilines is 1. The summed E-state index contributed by atoms with van der Waals surface area (Å²) in [5.74, 6) is -0.393. The van der Waals surface area contributed by atoms with Gasteiger partial charge in [0.2, 0.25) is 15.2 Å². The molecular weight excluding hydrogens is 556 g/mol. The Morgan fingerprint density at radius 2 is 1.88 bits per heavy atom. The van der Waals surface area contributed by atoms with Gasteiger partial charge in [-0.3, -0.25) is 4.79 Å². The third kappa shape index (κ3) is 4.71. The number of carbonyl (C=O) groups excluding carboxylic acids is 1. The Balaban J connectivity index is 1.48. The van der Waals surface area contributed by atoms with Gasteiger partial charge in [-0.2, -0.15) is 14.4 Å². The van der Waals surface area contributed by atoms with E-state index in [1.165, 1.54) is 56.3 Å². The summed E-state index contributed by atoms with van der Waals surface area (Å²) in [7, 11) is -3.55. The van der Waals surface area contributed by atoms with Crippen molar-refractivity contribution in [1.82, 2.24) is 9.29 Å². The molecule has 34 heavy (non-hydrogen) atoms. The van der Waals surface area contributed by atoms with E-state index in [-0.39, 0.29) is 4.90 Å². The molecule has 3 heterocycles. The molecule has 0 bridgehead atoms. The average molecular weight is 576 g/mol. The molecule has 1 aliphatic rings. The van der Waals surface area contributed by atoms with Crippen molar-refractivity contribution in [2.45, 2.75) is 17.7 Å². The molecule has 0 atom stereocenters. The summed E-state index contributed by atoms with van der Waals surface area (Å²) in [4.78, 5) is 19.2. The number of halogens is 1. The number of rotatable bonds is 6. The van der Waals surface area contributed by atoms with Crippen LogP contribution in [0.15, 0.2) is 74.4 Å². The number of thiophene rings is 1. The molecule has 2 aromatic heterocycles. The largest absolute Gasteiger partial charge is 0.280 e. The number of hydrogen-bond acceptors (Lipinski definition) is 7. The fraction of sp³-hybridized carbons (Fsp3) is 0.174. The number of hydrogen-bond donors (Lipinski definition) is 0. The summed E-state index contributed by atoms with van der Waals surface area (Å²) in [6.45, 7) is 1.06. The minimum atomic E-state index is -3.55. The van der Waals surface area contributed by atoms with Gasteiger partial charge < -0.3 is 0 Å². The zero-order chi connectivity index (χ0) is 23.7. The van der Waals surface area contributed by atoms with Crippen molar-refractivity contribution in [3.63, 3.8) is 0 Å². The normalized spacial score (nSPS) is 14.9. The molecule has 1 amide bonds. The standard InChI is InChI=1S/C23H19BrN4O3S3/c24-17-7-10-20-21(14-17)33-23(26-20)28(25-15-18-4-3-13-32-18)22(29)16-5-8-19(9-6-16)34(30,31)27-11-1-2-12-27/h3-10,13-15H,1-2,11-12H2/b25-15+. The van der Waals surface area contributed by atoms with E-state index in [4.69, 9.17) is 0 Å². The minimum Gasteiger partial charge on any atom is -0.267 e. The van der Waals surface area contributed by atoms with Crippen LogP contribution < -0.4 is 5.01 Å². The average Bonchev–Trinajstić information content (AvgIpc) is 3.60. The first-order valence-electron chi connectivity index (χ1n) is 10.5. The smallest absolute Gasteiger partial charge is 0.267 e. The molecule has 0 N–H and O–H groups in total. The van der Waals surface area contributed by atoms with Gasteiger partial charge in [-0.1, -0.05) is 33.3 Å². The third-order valence-corrected chi connectivity index (χ3v) is 9.57. The highest BCUT2D eigenvalue weighted by Gasteiger charge is 2.28. The maximum atomic E-state index is 13.5. The lowest BCUT2D eigenvalue weighted by molar-refractivity contribution is 0.0987. The summed E-state index contributed by atoms with van der Waals surface area (Å²) in [6.07, 6.45) is 3.36. The van der Waals surface area contributed by atoms with Crippen LogP contribution >= 0.6 is 38.6 Å². The second-order valence-corrected chi connectivity index (χ2v) is 12.5. The van der Waals surface area contributed by atoms with Crippen LogP contribution in [0.4, 0.5) is 5.13 Å². The van der Waals surface area contributed by atoms with E-state index in [1.54, 1.807) is 6.21 Å². The second kappa shape index (κ2) is 9.67. The molecule has 1 aliphatic heterocycles. The number of fused-ring (bicyclic) bond motifs is 1. The Hall–Kier alpha value is -2.44. The fourth-order valence-corrected chi connectivity index (χ4v) is 7.18. The quantitative estimate of drug-likeness (QED) is 0.222. The molecule has 5 rings (SSSR count). The van der Waals surface area contributed by atoms with Crippen molar-refractivity contribution in [2.75, 3.05) is 18.1 Å². The van der Waals surface area contributed by atoms with Crippen LogP contribution in [0.2, 0.25) is 0 Å². The first kappa shape index (κ1) is 23.3. The summed E-state index contributed by atoms with van der Waals surface area (Å²) >= 11 is 6.33. The summed E-state index contributed by atoms with van der Waals surface area (Å²) in [5, 5.41) is 8.07. The maximum Gasteiger partial charge on any atom is 0.280 e. The van der Waals surface area contributed by atoms with Crippen LogP contribution in [0, 0.1) is 0 Å². The number of aromatic nitrogens is 1. The molecule has 7 nitrogen and oxygen atoms in total. The lowest BCUT2D eigenvalue weighted by Crippen LogP contribution is -2.28. The highest BCUT2D eigenvalue weighted by Crippen LogP contribution is 2.32. The van der Waals surface area contributed by atoms with Crippen LogP contribution in [0.25, 0.3) is 10.2 Å². The zero-order valence-electron chi connectivity index (χ0n) is 17.8. The van der Waals surface area contributed by atoms with Crippen molar-refractivity contribution in [3.05, 3.63) is 74.9 Å². The molecule has 0 spiro atoms. The summed E-state index contributed by atoms with van der Waals surface area (Å²) in [5.41, 5.74) is 1.09. The molecule has 2 aromatic carbocycles. The zero-order valence-corrected chi connectivity index (χ0v) is 21.8. The molecule has 4 aromatic rings. The predicted octanol–water partition coefficient (Wildman–Crippen LogP) is 5.59. The predicted molar refractivity (Wildman–Crippen MR) is 140 cm³/mol. The van der Waals surface area contributed by atoms with Gasteiger partial charge in [0.15, 0.2) is 0 Å². The van der Waals surface area contributed by atoms with Crippen molar-refractivity contribution >= 4 is 76.1 Å². The molecule has 174 valence electrons. The fourth-order valence-electron chi connectivity index (χ4n) is 3.61. The molecule has 11 heteroatoms. The SMILES string of the molecule is O=C(c1ccc(S(=O)(=O)N2CCCC2)cc1)N(/N=C/c1cccs1)c1nc2ccc(Br)cc2s1. The number of carbonyl (C=O) groups is 1. The first-order valence-corrected chi connectivity index (χ1v) is 14.4. The Morgan fingerprint density at radius 1 is 1.12 bits per heavy atom. The number of amides is 1. The number of hydrazone groups is 1. The van der Waals surface area contributed by atoms with E-state index in [0.717, 1.165) is 32.4 Å². The highest BCUT2D eigenvalue weighted by atomic mass is 79.9. The van der Waals surface area contributed by atoms with Gasteiger partial charge in [0.1, 0.15) is 0 Å². The van der Waals surface area contributed by atoms with Crippen LogP contribution in [0.3, 0.4) is 0 Å². The van der Waals surface area contributed by atoms with Crippen LogP contribution in [0.5, 0.6) is 0 Å². The minimum absolute atomic E-state index is 0.185. The molecule has 1 fully saturated rings. The lowest BCUT2D eigenvalue weighted by Gasteiger charge is -2.16. The number of thiazole rings is 1. The van der Waals surface area contributed by atoms with E-state index in [1.807, 2.05) is 35.7 Å². The highest BCUT2D eigenvalue weighted by molar-refractivity contribution is 9.10. The van der Waals surface area contributed by atoms with Gasteiger partial charge in [0, 0.05) is 28.0 Å². The van der Waals surface area contributed by atoms with Crippen molar-refractivity contribution in [3.8, 4) is 0 Å². The van der Waals surface area contributed by atoms with Gasteiger partial charge >= 0.3 is 0 Å². The topological polar surface area (TPSA) is 82.9 Å². The number of nitrogens with zero attached hydrogens (tertiary/aromatic N) is 4. The van der Waals surface area contributed by atoms with Crippen molar-refractivity contribution in [2.24, 2.45) is 5.10 Å². The monoisotopic (exact) mass is 574 g/mol. The second-order valence-electron chi connectivity index (χ2n) is 7.62. The summed E-state index contributed by atoms with van der Waals surface area (Å²) < 4.78 is 29.0.